The summed E-state index contributed by atoms with van der Waals surface area (Å²) in [4.78, 5) is 34.6. The molecule has 0 bridgehead atoms. The van der Waals surface area contributed by atoms with Crippen molar-refractivity contribution in [2.45, 2.75) is 20.4 Å². The molecule has 1 fully saturated rings. The van der Waals surface area contributed by atoms with Gasteiger partial charge in [0.25, 0.3) is 0 Å². The van der Waals surface area contributed by atoms with E-state index in [9.17, 15) is 9.59 Å². The van der Waals surface area contributed by atoms with Crippen LogP contribution in [-0.4, -0.2) is 59.8 Å². The van der Waals surface area contributed by atoms with Crippen LogP contribution in [0.4, 0.5) is 5.69 Å². The number of aryl methyl sites for hydroxylation is 2. The number of hydrogen-bond acceptors (Lipinski definition) is 4. The van der Waals surface area contributed by atoms with Crippen molar-refractivity contribution in [1.29, 1.82) is 0 Å². The minimum Gasteiger partial charge on any atom is -0.330 e. The second-order valence-electron chi connectivity index (χ2n) is 7.23. The monoisotopic (exact) mass is 366 g/mol. The van der Waals surface area contributed by atoms with Crippen LogP contribution < -0.4 is 4.90 Å². The maximum absolute atomic E-state index is 12.6. The molecule has 2 amide bonds. The van der Waals surface area contributed by atoms with Gasteiger partial charge in [-0.3, -0.25) is 19.5 Å². The van der Waals surface area contributed by atoms with Gasteiger partial charge in [-0.05, 0) is 61.9 Å². The van der Waals surface area contributed by atoms with Crippen LogP contribution in [0.5, 0.6) is 0 Å². The lowest BCUT2D eigenvalue weighted by atomic mass is 10.1. The molecule has 0 N–H and O–H groups in total. The van der Waals surface area contributed by atoms with Gasteiger partial charge in [-0.2, -0.15) is 0 Å². The first-order valence-corrected chi connectivity index (χ1v) is 9.16. The maximum Gasteiger partial charge on any atom is 0.246 e. The Kier molecular flexibility index (Phi) is 5.86. The molecule has 0 aliphatic carbocycles. The van der Waals surface area contributed by atoms with Gasteiger partial charge in [0.1, 0.15) is 6.54 Å². The molecule has 0 atom stereocenters. The zero-order valence-corrected chi connectivity index (χ0v) is 16.2. The number of hydrogen-bond donors (Lipinski definition) is 0. The first-order chi connectivity index (χ1) is 12.9. The highest BCUT2D eigenvalue weighted by Gasteiger charge is 2.28. The van der Waals surface area contributed by atoms with Gasteiger partial charge in [0.05, 0.1) is 6.54 Å². The van der Waals surface area contributed by atoms with E-state index in [-0.39, 0.29) is 18.4 Å². The molecule has 6 heteroatoms. The normalized spacial score (nSPS) is 14.7. The van der Waals surface area contributed by atoms with Gasteiger partial charge in [-0.25, -0.2) is 0 Å². The van der Waals surface area contributed by atoms with E-state index in [2.05, 4.69) is 11.1 Å². The number of nitrogens with zero attached hydrogens (tertiary/aromatic N) is 4. The third-order valence-corrected chi connectivity index (χ3v) is 4.70. The number of likely N-dealkylation sites (N-methyl/N-ethyl adjacent to an activating group) is 1. The van der Waals surface area contributed by atoms with Crippen LogP contribution in [0.1, 0.15) is 16.7 Å². The molecule has 2 heterocycles. The molecular weight excluding hydrogens is 340 g/mol. The summed E-state index contributed by atoms with van der Waals surface area (Å²) in [6, 6.07) is 10.0. The number of anilines is 1. The van der Waals surface area contributed by atoms with E-state index in [1.54, 1.807) is 22.2 Å². The van der Waals surface area contributed by atoms with E-state index in [0.29, 0.717) is 26.2 Å². The van der Waals surface area contributed by atoms with Crippen LogP contribution in [-0.2, 0) is 16.1 Å². The zero-order valence-electron chi connectivity index (χ0n) is 16.2. The Labute approximate surface area is 160 Å². The molecule has 0 spiro atoms. The highest BCUT2D eigenvalue weighted by atomic mass is 16.2. The van der Waals surface area contributed by atoms with Gasteiger partial charge in [0.2, 0.25) is 11.8 Å². The standard InChI is InChI=1S/C21H26N4O2/c1-16-10-17(2)12-19(11-16)25-9-8-24(15-21(25)27)20(26)14-23(3)13-18-4-6-22-7-5-18/h4-7,10-12H,8-9,13-15H2,1-3H3. The van der Waals surface area contributed by atoms with Gasteiger partial charge >= 0.3 is 0 Å². The lowest BCUT2D eigenvalue weighted by Crippen LogP contribution is -2.54. The Hall–Kier alpha value is -2.73. The topological polar surface area (TPSA) is 56.8 Å². The van der Waals surface area contributed by atoms with Gasteiger partial charge in [0.15, 0.2) is 0 Å². The number of piperazine rings is 1. The van der Waals surface area contributed by atoms with Crippen molar-refractivity contribution in [3.05, 3.63) is 59.4 Å². The highest BCUT2D eigenvalue weighted by molar-refractivity contribution is 5.98. The molecule has 142 valence electrons. The average molecular weight is 366 g/mol. The second-order valence-corrected chi connectivity index (χ2v) is 7.23. The molecule has 3 rings (SSSR count). The van der Waals surface area contributed by atoms with Crippen LogP contribution in [0.3, 0.4) is 0 Å². The molecule has 27 heavy (non-hydrogen) atoms. The molecule has 1 aliphatic heterocycles. The molecule has 1 aliphatic rings. The lowest BCUT2D eigenvalue weighted by molar-refractivity contribution is -0.137. The fourth-order valence-electron chi connectivity index (χ4n) is 3.45. The maximum atomic E-state index is 12.6. The number of benzene rings is 1. The summed E-state index contributed by atoms with van der Waals surface area (Å²) in [5.74, 6) is -0.0450. The van der Waals surface area contributed by atoms with Crippen LogP contribution in [0.15, 0.2) is 42.7 Å². The molecule has 1 aromatic heterocycles. The van der Waals surface area contributed by atoms with Gasteiger partial charge in [-0.1, -0.05) is 6.07 Å². The Morgan fingerprint density at radius 1 is 1.11 bits per heavy atom. The number of pyridine rings is 1. The molecule has 0 radical (unpaired) electrons. The number of carbonyl (C=O) groups is 2. The molecular formula is C21H26N4O2. The van der Waals surface area contributed by atoms with E-state index in [4.69, 9.17) is 0 Å². The van der Waals surface area contributed by atoms with Crippen LogP contribution in [0, 0.1) is 13.8 Å². The highest BCUT2D eigenvalue weighted by Crippen LogP contribution is 2.21. The van der Waals surface area contributed by atoms with Gasteiger partial charge < -0.3 is 9.80 Å². The molecule has 2 aromatic rings. The predicted octanol–water partition coefficient (Wildman–Crippen LogP) is 2.01. The third-order valence-electron chi connectivity index (χ3n) is 4.70. The van der Waals surface area contributed by atoms with Crippen molar-refractivity contribution in [1.82, 2.24) is 14.8 Å². The molecule has 1 aromatic carbocycles. The molecule has 6 nitrogen and oxygen atoms in total. The minimum absolute atomic E-state index is 0.0139. The Bertz CT molecular complexity index is 802. The van der Waals surface area contributed by atoms with E-state index in [1.165, 1.54) is 0 Å². The molecule has 0 unspecified atom stereocenters. The first kappa shape index (κ1) is 19.0. The summed E-state index contributed by atoms with van der Waals surface area (Å²) in [5.41, 5.74) is 4.29. The van der Waals surface area contributed by atoms with Crippen molar-refractivity contribution in [3.63, 3.8) is 0 Å². The van der Waals surface area contributed by atoms with Crippen molar-refractivity contribution in [2.75, 3.05) is 38.1 Å². The van der Waals surface area contributed by atoms with Crippen molar-refractivity contribution >= 4 is 17.5 Å². The predicted molar refractivity (Wildman–Crippen MR) is 105 cm³/mol. The summed E-state index contributed by atoms with van der Waals surface area (Å²) in [6.07, 6.45) is 3.49. The summed E-state index contributed by atoms with van der Waals surface area (Å²) < 4.78 is 0. The molecule has 1 saturated heterocycles. The number of aromatic nitrogens is 1. The summed E-state index contributed by atoms with van der Waals surface area (Å²) >= 11 is 0. The number of amides is 2. The van der Waals surface area contributed by atoms with Crippen molar-refractivity contribution in [3.8, 4) is 0 Å². The third kappa shape index (κ3) is 4.92. The Morgan fingerprint density at radius 3 is 2.41 bits per heavy atom. The molecule has 0 saturated carbocycles. The fraction of sp³-hybridized carbons (Fsp3) is 0.381. The van der Waals surface area contributed by atoms with Crippen molar-refractivity contribution in [2.24, 2.45) is 0 Å². The number of rotatable bonds is 5. The van der Waals surface area contributed by atoms with Crippen LogP contribution in [0.2, 0.25) is 0 Å². The van der Waals surface area contributed by atoms with E-state index < -0.39 is 0 Å². The van der Waals surface area contributed by atoms with E-state index in [1.807, 2.05) is 50.1 Å². The lowest BCUT2D eigenvalue weighted by Gasteiger charge is -2.35. The quantitative estimate of drug-likeness (QED) is 0.812. The Morgan fingerprint density at radius 2 is 1.78 bits per heavy atom. The summed E-state index contributed by atoms with van der Waals surface area (Å²) in [5, 5.41) is 0. The van der Waals surface area contributed by atoms with Crippen molar-refractivity contribution < 1.29 is 9.59 Å². The second kappa shape index (κ2) is 8.31. The van der Waals surface area contributed by atoms with E-state index >= 15 is 0 Å². The van der Waals surface area contributed by atoms with Gasteiger partial charge in [-0.15, -0.1) is 0 Å². The summed E-state index contributed by atoms with van der Waals surface area (Å²) in [6.45, 7) is 6.24. The SMILES string of the molecule is Cc1cc(C)cc(N2CCN(C(=O)CN(C)Cc3ccncc3)CC2=O)c1. The summed E-state index contributed by atoms with van der Waals surface area (Å²) in [7, 11) is 1.91. The Balaban J connectivity index is 1.57. The fourth-order valence-corrected chi connectivity index (χ4v) is 3.45. The first-order valence-electron chi connectivity index (χ1n) is 9.16. The van der Waals surface area contributed by atoms with Gasteiger partial charge in [0, 0.05) is 37.7 Å². The smallest absolute Gasteiger partial charge is 0.246 e. The average Bonchev–Trinajstić information content (AvgIpc) is 2.61. The van der Waals surface area contributed by atoms with Crippen LogP contribution in [0.25, 0.3) is 0 Å². The number of carbonyl (C=O) groups excluding carboxylic acids is 2. The largest absolute Gasteiger partial charge is 0.330 e. The van der Waals surface area contributed by atoms with Crippen LogP contribution >= 0.6 is 0 Å². The van der Waals surface area contributed by atoms with E-state index in [0.717, 1.165) is 22.4 Å². The zero-order chi connectivity index (χ0) is 19.4. The minimum atomic E-state index is -0.0311.